The van der Waals surface area contributed by atoms with Gasteiger partial charge in [-0.05, 0) is 79.5 Å². The molecule has 0 aromatic heterocycles. The number of primary amides is 1. The smallest absolute Gasteiger partial charge is 0.223 e. The number of benzene rings is 2. The quantitative estimate of drug-likeness (QED) is 0.740. The highest BCUT2D eigenvalue weighted by Gasteiger charge is 2.48. The molecule has 2 atom stereocenters. The third-order valence-electron chi connectivity index (χ3n) is 6.35. The van der Waals surface area contributed by atoms with Gasteiger partial charge in [-0.25, -0.2) is 0 Å². The molecule has 2 aromatic rings. The molecule has 1 amide bonds. The van der Waals surface area contributed by atoms with Gasteiger partial charge in [0.05, 0.1) is 12.0 Å². The van der Waals surface area contributed by atoms with Crippen LogP contribution in [0.3, 0.4) is 0 Å². The summed E-state index contributed by atoms with van der Waals surface area (Å²) in [7, 11) is 0. The SMILES string of the molecule is NC(=O)C1(CCOc2ccc3c(c2)C(Cc2cccc(Cl)c2)C(N)CC3)CC1. The summed E-state index contributed by atoms with van der Waals surface area (Å²) in [4.78, 5) is 11.5. The fraction of sp³-hybridized carbons (Fsp3) is 0.435. The summed E-state index contributed by atoms with van der Waals surface area (Å²) in [6.45, 7) is 0.507. The maximum absolute atomic E-state index is 11.5. The zero-order chi connectivity index (χ0) is 19.7. The van der Waals surface area contributed by atoms with Gasteiger partial charge in [-0.2, -0.15) is 0 Å². The minimum Gasteiger partial charge on any atom is -0.494 e. The number of rotatable bonds is 7. The number of carbonyl (C=O) groups is 1. The molecular weight excluding hydrogens is 372 g/mol. The molecule has 0 spiro atoms. The highest BCUT2D eigenvalue weighted by Crippen LogP contribution is 2.48. The van der Waals surface area contributed by atoms with E-state index in [2.05, 4.69) is 18.2 Å². The Bertz CT molecular complexity index is 879. The topological polar surface area (TPSA) is 78.3 Å². The van der Waals surface area contributed by atoms with E-state index in [1.807, 2.05) is 24.3 Å². The number of nitrogens with two attached hydrogens (primary N) is 2. The van der Waals surface area contributed by atoms with E-state index in [0.717, 1.165) is 42.9 Å². The summed E-state index contributed by atoms with van der Waals surface area (Å²) in [5.74, 6) is 0.879. The zero-order valence-electron chi connectivity index (χ0n) is 16.0. The average Bonchev–Trinajstić information content (AvgIpc) is 3.45. The first-order valence-electron chi connectivity index (χ1n) is 10.0. The number of amides is 1. The van der Waals surface area contributed by atoms with Crippen molar-refractivity contribution in [1.29, 1.82) is 0 Å². The van der Waals surface area contributed by atoms with Crippen LogP contribution in [-0.2, 0) is 17.6 Å². The van der Waals surface area contributed by atoms with Gasteiger partial charge < -0.3 is 16.2 Å². The lowest BCUT2D eigenvalue weighted by molar-refractivity contribution is -0.123. The fourth-order valence-electron chi connectivity index (χ4n) is 4.30. The molecule has 4 nitrogen and oxygen atoms in total. The molecule has 0 heterocycles. The van der Waals surface area contributed by atoms with Crippen molar-refractivity contribution in [1.82, 2.24) is 0 Å². The van der Waals surface area contributed by atoms with Crippen LogP contribution in [0.15, 0.2) is 42.5 Å². The summed E-state index contributed by atoms with van der Waals surface area (Å²) < 4.78 is 5.98. The first-order valence-corrected chi connectivity index (χ1v) is 10.4. The van der Waals surface area contributed by atoms with Gasteiger partial charge in [0.1, 0.15) is 5.75 Å². The van der Waals surface area contributed by atoms with Crippen molar-refractivity contribution in [2.24, 2.45) is 16.9 Å². The van der Waals surface area contributed by atoms with E-state index in [-0.39, 0.29) is 23.3 Å². The summed E-state index contributed by atoms with van der Waals surface area (Å²) in [6, 6.07) is 14.4. The Kier molecular flexibility index (Phi) is 5.35. The molecule has 1 fully saturated rings. The van der Waals surface area contributed by atoms with Crippen molar-refractivity contribution in [2.45, 2.75) is 50.5 Å². The number of hydrogen-bond donors (Lipinski definition) is 2. The Labute approximate surface area is 171 Å². The molecule has 0 bridgehead atoms. The first kappa shape index (κ1) is 19.3. The van der Waals surface area contributed by atoms with Crippen LogP contribution in [-0.4, -0.2) is 18.6 Å². The lowest BCUT2D eigenvalue weighted by atomic mass is 9.76. The van der Waals surface area contributed by atoms with Crippen molar-refractivity contribution < 1.29 is 9.53 Å². The summed E-state index contributed by atoms with van der Waals surface area (Å²) in [6.07, 6.45) is 5.29. The van der Waals surface area contributed by atoms with Crippen LogP contribution >= 0.6 is 11.6 Å². The van der Waals surface area contributed by atoms with Crippen LogP contribution < -0.4 is 16.2 Å². The number of fused-ring (bicyclic) bond motifs is 1. The third-order valence-corrected chi connectivity index (χ3v) is 6.59. The average molecular weight is 399 g/mol. The van der Waals surface area contributed by atoms with Gasteiger partial charge in [-0.3, -0.25) is 4.79 Å². The number of aryl methyl sites for hydroxylation is 1. The van der Waals surface area contributed by atoms with Crippen molar-refractivity contribution in [2.75, 3.05) is 6.61 Å². The number of halogens is 1. The molecule has 4 rings (SSSR count). The lowest BCUT2D eigenvalue weighted by Crippen LogP contribution is -2.34. The first-order chi connectivity index (χ1) is 13.5. The molecule has 2 aromatic carbocycles. The van der Waals surface area contributed by atoms with E-state index in [0.29, 0.717) is 13.0 Å². The molecule has 4 N–H and O–H groups in total. The predicted molar refractivity (Wildman–Crippen MR) is 112 cm³/mol. The largest absolute Gasteiger partial charge is 0.494 e. The molecule has 2 aliphatic carbocycles. The fourth-order valence-corrected chi connectivity index (χ4v) is 4.52. The standard InChI is InChI=1S/C23H27ClN2O2/c24-17-3-1-2-15(12-17)13-20-19-14-18(6-4-16(19)5-7-21(20)25)28-11-10-23(8-9-23)22(26)27/h1-4,6,12,14,20-21H,5,7-11,13,25H2,(H2,26,27). The van der Waals surface area contributed by atoms with Crippen molar-refractivity contribution in [3.8, 4) is 5.75 Å². The van der Waals surface area contributed by atoms with Gasteiger partial charge in [0.2, 0.25) is 5.91 Å². The van der Waals surface area contributed by atoms with Gasteiger partial charge in [-0.1, -0.05) is 29.8 Å². The molecule has 0 radical (unpaired) electrons. The van der Waals surface area contributed by atoms with Gasteiger partial charge >= 0.3 is 0 Å². The van der Waals surface area contributed by atoms with Gasteiger partial charge in [0, 0.05) is 17.0 Å². The van der Waals surface area contributed by atoms with Gasteiger partial charge in [0.15, 0.2) is 0 Å². The van der Waals surface area contributed by atoms with E-state index in [1.165, 1.54) is 16.7 Å². The Balaban J connectivity index is 1.49. The van der Waals surface area contributed by atoms with Gasteiger partial charge in [0.25, 0.3) is 0 Å². The zero-order valence-corrected chi connectivity index (χ0v) is 16.8. The minimum absolute atomic E-state index is 0.117. The molecule has 0 saturated heterocycles. The lowest BCUT2D eigenvalue weighted by Gasteiger charge is -2.32. The van der Waals surface area contributed by atoms with Crippen molar-refractivity contribution in [3.63, 3.8) is 0 Å². The summed E-state index contributed by atoms with van der Waals surface area (Å²) in [5.41, 5.74) is 15.5. The molecule has 148 valence electrons. The highest BCUT2D eigenvalue weighted by molar-refractivity contribution is 6.30. The normalized spacial score (nSPS) is 22.4. The van der Waals surface area contributed by atoms with Crippen LogP contribution in [0.25, 0.3) is 0 Å². The summed E-state index contributed by atoms with van der Waals surface area (Å²) in [5, 5.41) is 0.752. The van der Waals surface area contributed by atoms with Crippen LogP contribution in [0, 0.1) is 5.41 Å². The number of carbonyl (C=O) groups excluding carboxylic acids is 1. The van der Waals surface area contributed by atoms with Crippen molar-refractivity contribution in [3.05, 3.63) is 64.2 Å². The Hall–Kier alpha value is -2.04. The molecule has 1 saturated carbocycles. The van der Waals surface area contributed by atoms with E-state index in [1.54, 1.807) is 0 Å². The van der Waals surface area contributed by atoms with E-state index < -0.39 is 0 Å². The van der Waals surface area contributed by atoms with Crippen molar-refractivity contribution >= 4 is 17.5 Å². The molecule has 5 heteroatoms. The van der Waals surface area contributed by atoms with Crippen LogP contribution in [0.1, 0.15) is 48.3 Å². The van der Waals surface area contributed by atoms with E-state index in [4.69, 9.17) is 27.8 Å². The maximum Gasteiger partial charge on any atom is 0.223 e. The second kappa shape index (κ2) is 7.76. The van der Waals surface area contributed by atoms with Crippen LogP contribution in [0.5, 0.6) is 5.75 Å². The second-order valence-corrected chi connectivity index (χ2v) is 8.68. The third kappa shape index (κ3) is 4.03. The molecule has 2 aliphatic rings. The highest BCUT2D eigenvalue weighted by atomic mass is 35.5. The molecule has 0 aliphatic heterocycles. The number of ether oxygens (including phenoxy) is 1. The maximum atomic E-state index is 11.5. The molecule has 2 unspecified atom stereocenters. The van der Waals surface area contributed by atoms with Crippen LogP contribution in [0.4, 0.5) is 0 Å². The Morgan fingerprint density at radius 1 is 1.21 bits per heavy atom. The monoisotopic (exact) mass is 398 g/mol. The molecular formula is C23H27ClN2O2. The second-order valence-electron chi connectivity index (χ2n) is 8.25. The van der Waals surface area contributed by atoms with E-state index in [9.17, 15) is 4.79 Å². The predicted octanol–water partition coefficient (Wildman–Crippen LogP) is 3.97. The Morgan fingerprint density at radius 2 is 2.04 bits per heavy atom. The van der Waals surface area contributed by atoms with E-state index >= 15 is 0 Å². The summed E-state index contributed by atoms with van der Waals surface area (Å²) >= 11 is 6.16. The van der Waals surface area contributed by atoms with Crippen LogP contribution in [0.2, 0.25) is 5.02 Å². The number of hydrogen-bond acceptors (Lipinski definition) is 3. The van der Waals surface area contributed by atoms with Gasteiger partial charge in [-0.15, -0.1) is 0 Å². The molecule has 28 heavy (non-hydrogen) atoms. The Morgan fingerprint density at radius 3 is 2.75 bits per heavy atom. The minimum atomic E-state index is -0.328.